The summed E-state index contributed by atoms with van der Waals surface area (Å²) in [7, 11) is 0. The summed E-state index contributed by atoms with van der Waals surface area (Å²) in [4.78, 5) is 39.6. The highest BCUT2D eigenvalue weighted by molar-refractivity contribution is 7.72. The van der Waals surface area contributed by atoms with Crippen LogP contribution in [0.3, 0.4) is 0 Å². The molecule has 3 heterocycles. The third-order valence-corrected chi connectivity index (χ3v) is 5.60. The quantitative estimate of drug-likeness (QED) is 0.278. The zero-order chi connectivity index (χ0) is 25.3. The Labute approximate surface area is 208 Å². The zero-order valence-electron chi connectivity index (χ0n) is 18.8. The van der Waals surface area contributed by atoms with Gasteiger partial charge in [-0.25, -0.2) is 0 Å². The highest BCUT2D eigenvalue weighted by Gasteiger charge is 2.48. The lowest BCUT2D eigenvalue weighted by Crippen LogP contribution is -2.55. The second kappa shape index (κ2) is 10.0. The predicted molar refractivity (Wildman–Crippen MR) is 122 cm³/mol. The van der Waals surface area contributed by atoms with Crippen LogP contribution in [0, 0.1) is 9.54 Å². The number of hydrogen-bond acceptors (Lipinski definition) is 12. The van der Waals surface area contributed by atoms with Gasteiger partial charge in [0.1, 0.15) is 0 Å². The van der Waals surface area contributed by atoms with Crippen molar-refractivity contribution in [3.05, 3.63) is 39.9 Å². The summed E-state index contributed by atoms with van der Waals surface area (Å²) in [6.45, 7) is 3.34. The summed E-state index contributed by atoms with van der Waals surface area (Å²) in [6, 6.07) is 9.10. The Hall–Kier alpha value is -3.49. The van der Waals surface area contributed by atoms with Gasteiger partial charge < -0.3 is 23.4 Å². The number of nitrogens with zero attached hydrogens (tertiary/aromatic N) is 4. The molecule has 14 heteroatoms. The van der Waals surface area contributed by atoms with E-state index in [2.05, 4.69) is 10.1 Å². The molecule has 0 saturated carbocycles. The van der Waals surface area contributed by atoms with Gasteiger partial charge in [0.05, 0.1) is 6.61 Å². The number of carbonyl (C=O) groups is 3. The van der Waals surface area contributed by atoms with E-state index in [4.69, 9.17) is 47.8 Å². The lowest BCUT2D eigenvalue weighted by atomic mass is 10.0. The third-order valence-electron chi connectivity index (χ3n) is 4.94. The lowest BCUT2D eigenvalue weighted by molar-refractivity contribution is -0.240. The Morgan fingerprint density at radius 3 is 2.23 bits per heavy atom. The predicted octanol–water partition coefficient (Wildman–Crippen LogP) is 2.57. The number of benzene rings is 1. The summed E-state index contributed by atoms with van der Waals surface area (Å²) >= 11 is 11.0. The number of hydrogen-bond donors (Lipinski definition) is 0. The van der Waals surface area contributed by atoms with Gasteiger partial charge in [-0.2, -0.15) is 9.50 Å². The minimum atomic E-state index is -1.27. The van der Waals surface area contributed by atoms with Gasteiger partial charge in [0.2, 0.25) is 15.4 Å². The van der Waals surface area contributed by atoms with Crippen molar-refractivity contribution in [3.8, 4) is 11.5 Å². The average molecular weight is 521 g/mol. The van der Waals surface area contributed by atoms with E-state index in [1.807, 2.05) is 18.2 Å². The third kappa shape index (κ3) is 5.13. The number of fused-ring (bicyclic) bond motifs is 1. The van der Waals surface area contributed by atoms with Crippen LogP contribution in [0.4, 0.5) is 0 Å². The Balaban J connectivity index is 1.82. The maximum atomic E-state index is 12.0. The van der Waals surface area contributed by atoms with Crippen molar-refractivity contribution in [3.63, 3.8) is 0 Å². The van der Waals surface area contributed by atoms with Gasteiger partial charge in [0.25, 0.3) is 0 Å². The lowest BCUT2D eigenvalue weighted by Gasteiger charge is -2.40. The van der Waals surface area contributed by atoms with Crippen molar-refractivity contribution in [2.45, 2.75) is 45.3 Å². The largest absolute Gasteiger partial charge is 0.456 e. The zero-order valence-corrected chi connectivity index (χ0v) is 20.4. The van der Waals surface area contributed by atoms with Crippen molar-refractivity contribution in [1.29, 1.82) is 0 Å². The first-order valence-corrected chi connectivity index (χ1v) is 11.2. The van der Waals surface area contributed by atoms with Gasteiger partial charge >= 0.3 is 23.8 Å². The molecule has 1 aliphatic rings. The normalized spacial score (nSPS) is 21.9. The molecule has 12 nitrogen and oxygen atoms in total. The molecule has 184 valence electrons. The van der Waals surface area contributed by atoms with Gasteiger partial charge in [-0.05, 0) is 36.6 Å². The second-order valence-electron chi connectivity index (χ2n) is 7.53. The number of ether oxygens (including phenoxy) is 4. The Kier molecular flexibility index (Phi) is 7.05. The molecule has 0 radical (unpaired) electrons. The fourth-order valence-electron chi connectivity index (χ4n) is 3.66. The highest BCUT2D eigenvalue weighted by Crippen LogP contribution is 2.31. The molecule has 3 aromatic rings. The van der Waals surface area contributed by atoms with Crippen LogP contribution in [0.2, 0.25) is 0 Å². The molecule has 35 heavy (non-hydrogen) atoms. The van der Waals surface area contributed by atoms with E-state index in [0.717, 1.165) is 0 Å². The van der Waals surface area contributed by atoms with E-state index in [0.29, 0.717) is 5.56 Å². The number of carbonyl (C=O) groups excluding carboxylic acids is 3. The number of aromatic nitrogens is 4. The van der Waals surface area contributed by atoms with Crippen LogP contribution in [0.25, 0.3) is 17.3 Å². The molecule has 0 spiro atoms. The van der Waals surface area contributed by atoms with Crippen LogP contribution >= 0.6 is 24.4 Å². The van der Waals surface area contributed by atoms with Gasteiger partial charge in [-0.1, -0.05) is 18.2 Å². The van der Waals surface area contributed by atoms with E-state index in [-0.39, 0.29) is 27.9 Å². The fraction of sp³-hybridized carbons (Fsp3) is 0.381. The summed E-state index contributed by atoms with van der Waals surface area (Å²) < 4.78 is 30.2. The molecule has 4 atom stereocenters. The van der Waals surface area contributed by atoms with Crippen molar-refractivity contribution in [2.75, 3.05) is 6.61 Å². The van der Waals surface area contributed by atoms with E-state index >= 15 is 0 Å². The first-order valence-electron chi connectivity index (χ1n) is 10.4. The molecule has 4 rings (SSSR count). The Morgan fingerprint density at radius 1 is 0.971 bits per heavy atom. The molecular formula is C21H20N4O8S2. The molecule has 1 fully saturated rings. The molecule has 0 bridgehead atoms. The maximum Gasteiger partial charge on any atom is 0.330 e. The van der Waals surface area contributed by atoms with Gasteiger partial charge in [0, 0.05) is 26.3 Å². The molecule has 0 N–H and O–H groups in total. The SMILES string of the molecule is CC(=O)O[C@@H]1[C@@H](OC(C)=O)[C@H](OC(C)=O)CO[C@H]1n1c(=S)nc2oc(-c3ccccc3)nn2c1=S. The van der Waals surface area contributed by atoms with E-state index in [1.165, 1.54) is 29.9 Å². The molecule has 0 aliphatic carbocycles. The van der Waals surface area contributed by atoms with Gasteiger partial charge in [-0.15, -0.1) is 5.10 Å². The van der Waals surface area contributed by atoms with Crippen LogP contribution < -0.4 is 0 Å². The molecular weight excluding hydrogens is 500 g/mol. The van der Waals surface area contributed by atoms with E-state index in [1.54, 1.807) is 12.1 Å². The maximum absolute atomic E-state index is 12.0. The summed E-state index contributed by atoms with van der Waals surface area (Å²) in [5, 5.41) is 4.38. The highest BCUT2D eigenvalue weighted by atomic mass is 32.1. The summed E-state index contributed by atoms with van der Waals surface area (Å²) in [6.07, 6.45) is -4.69. The van der Waals surface area contributed by atoms with Crippen LogP contribution in [0.15, 0.2) is 34.7 Å². The van der Waals surface area contributed by atoms with Crippen LogP contribution in [0.1, 0.15) is 27.0 Å². The second-order valence-corrected chi connectivity index (χ2v) is 8.26. The number of rotatable bonds is 5. The average Bonchev–Trinajstić information content (AvgIpc) is 3.21. The monoisotopic (exact) mass is 520 g/mol. The van der Waals surface area contributed by atoms with Crippen molar-refractivity contribution in [1.82, 2.24) is 19.2 Å². The molecule has 1 aliphatic heterocycles. The minimum absolute atomic E-state index is 0.0283. The molecule has 0 unspecified atom stereocenters. The first-order chi connectivity index (χ1) is 16.7. The summed E-state index contributed by atoms with van der Waals surface area (Å²) in [5.41, 5.74) is 0.690. The van der Waals surface area contributed by atoms with Crippen LogP contribution in [-0.4, -0.2) is 62.0 Å². The smallest absolute Gasteiger partial charge is 0.330 e. The Bertz CT molecular complexity index is 1400. The van der Waals surface area contributed by atoms with Crippen LogP contribution in [0.5, 0.6) is 0 Å². The van der Waals surface area contributed by atoms with Crippen LogP contribution in [-0.2, 0) is 33.3 Å². The van der Waals surface area contributed by atoms with Crippen molar-refractivity contribution < 1.29 is 37.7 Å². The topological polar surface area (TPSA) is 136 Å². The summed E-state index contributed by atoms with van der Waals surface area (Å²) in [5.74, 6) is -1.71. The first kappa shape index (κ1) is 24.6. The Morgan fingerprint density at radius 2 is 1.60 bits per heavy atom. The molecule has 0 amide bonds. The van der Waals surface area contributed by atoms with Crippen molar-refractivity contribution in [2.24, 2.45) is 0 Å². The van der Waals surface area contributed by atoms with Gasteiger partial charge in [-0.3, -0.25) is 19.0 Å². The van der Waals surface area contributed by atoms with Crippen molar-refractivity contribution >= 4 is 48.2 Å². The fourth-order valence-corrected chi connectivity index (χ4v) is 4.29. The minimum Gasteiger partial charge on any atom is -0.456 e. The standard InChI is InChI=1S/C21H20N4O8S2/c1-10(26)30-14-9-29-18(16(32-12(3)28)15(14)31-11(2)27)24-20(34)22-19-25(21(24)35)23-17(33-19)13-7-5-4-6-8-13/h4-8,14-16,18H,9H2,1-3H3/t14-,15+,16-,18-/m1/s1. The molecule has 1 saturated heterocycles. The molecule has 2 aromatic heterocycles. The molecule has 1 aromatic carbocycles. The van der Waals surface area contributed by atoms with Gasteiger partial charge in [0.15, 0.2) is 24.5 Å². The number of esters is 3. The van der Waals surface area contributed by atoms with E-state index in [9.17, 15) is 14.4 Å². The van der Waals surface area contributed by atoms with E-state index < -0.39 is 42.4 Å².